The Balaban J connectivity index is 1.94. The summed E-state index contributed by atoms with van der Waals surface area (Å²) < 4.78 is 5.37. The standard InChI is InChI=1S/C8H13N3OS/c1-12-7-4-2-3-6(7)10-8-11-9-5-13-8/h5-7H,2-4H2,1H3,(H,10,11). The Bertz CT molecular complexity index is 252. The minimum absolute atomic E-state index is 0.337. The van der Waals surface area contributed by atoms with E-state index in [2.05, 4.69) is 15.5 Å². The Morgan fingerprint density at radius 2 is 2.54 bits per heavy atom. The SMILES string of the molecule is COC1CCCC1Nc1nncs1. The number of ether oxygens (including phenoxy) is 1. The van der Waals surface area contributed by atoms with Crippen LogP contribution in [0.25, 0.3) is 0 Å². The summed E-state index contributed by atoms with van der Waals surface area (Å²) in [7, 11) is 1.77. The van der Waals surface area contributed by atoms with Gasteiger partial charge in [-0.3, -0.25) is 0 Å². The van der Waals surface area contributed by atoms with Gasteiger partial charge in [-0.1, -0.05) is 11.3 Å². The van der Waals surface area contributed by atoms with Gasteiger partial charge in [0.05, 0.1) is 12.1 Å². The van der Waals surface area contributed by atoms with Crippen LogP contribution >= 0.6 is 11.3 Å². The minimum atomic E-state index is 0.337. The fourth-order valence-electron chi connectivity index (χ4n) is 1.77. The molecule has 1 saturated carbocycles. The molecule has 5 heteroatoms. The summed E-state index contributed by atoms with van der Waals surface area (Å²) >= 11 is 1.53. The van der Waals surface area contributed by atoms with Crippen LogP contribution in [0.15, 0.2) is 5.51 Å². The Hall–Kier alpha value is -0.680. The predicted molar refractivity (Wildman–Crippen MR) is 52.0 cm³/mol. The van der Waals surface area contributed by atoms with E-state index in [1.165, 1.54) is 17.8 Å². The molecule has 1 N–H and O–H groups in total. The van der Waals surface area contributed by atoms with Gasteiger partial charge in [-0.2, -0.15) is 0 Å². The Labute approximate surface area is 81.3 Å². The molecular weight excluding hydrogens is 186 g/mol. The third-order valence-electron chi connectivity index (χ3n) is 2.42. The molecule has 1 aromatic rings. The number of hydrogen-bond donors (Lipinski definition) is 1. The van der Waals surface area contributed by atoms with Crippen LogP contribution < -0.4 is 5.32 Å². The van der Waals surface area contributed by atoms with Crippen molar-refractivity contribution in [2.45, 2.75) is 31.4 Å². The molecule has 0 saturated heterocycles. The summed E-state index contributed by atoms with van der Waals surface area (Å²) in [6.07, 6.45) is 3.88. The molecule has 2 atom stereocenters. The zero-order chi connectivity index (χ0) is 9.10. The molecule has 1 aliphatic rings. The van der Waals surface area contributed by atoms with E-state index in [1.807, 2.05) is 0 Å². The first-order valence-electron chi connectivity index (χ1n) is 4.45. The van der Waals surface area contributed by atoms with Crippen molar-refractivity contribution in [2.24, 2.45) is 0 Å². The van der Waals surface area contributed by atoms with E-state index in [1.54, 1.807) is 12.6 Å². The molecular formula is C8H13N3OS. The van der Waals surface area contributed by atoms with Gasteiger partial charge in [0, 0.05) is 7.11 Å². The van der Waals surface area contributed by atoms with Crippen molar-refractivity contribution in [1.29, 1.82) is 0 Å². The summed E-state index contributed by atoms with van der Waals surface area (Å²) in [5.41, 5.74) is 1.74. The molecule has 72 valence electrons. The number of nitrogens with one attached hydrogen (secondary N) is 1. The maximum Gasteiger partial charge on any atom is 0.205 e. The number of rotatable bonds is 3. The lowest BCUT2D eigenvalue weighted by molar-refractivity contribution is 0.101. The summed E-state index contributed by atoms with van der Waals surface area (Å²) in [5, 5.41) is 12.0. The summed E-state index contributed by atoms with van der Waals surface area (Å²) in [4.78, 5) is 0. The largest absolute Gasteiger partial charge is 0.379 e. The lowest BCUT2D eigenvalue weighted by Gasteiger charge is -2.18. The first-order chi connectivity index (χ1) is 6.40. The van der Waals surface area contributed by atoms with Crippen LogP contribution in [0.2, 0.25) is 0 Å². The number of hydrogen-bond acceptors (Lipinski definition) is 5. The summed E-state index contributed by atoms with van der Waals surface area (Å²) in [6.45, 7) is 0. The van der Waals surface area contributed by atoms with Crippen molar-refractivity contribution >= 4 is 16.5 Å². The van der Waals surface area contributed by atoms with Gasteiger partial charge in [-0.15, -0.1) is 10.2 Å². The van der Waals surface area contributed by atoms with Crippen LogP contribution in [-0.2, 0) is 4.74 Å². The van der Waals surface area contributed by atoms with Crippen LogP contribution in [0.5, 0.6) is 0 Å². The normalized spacial score (nSPS) is 27.8. The summed E-state index contributed by atoms with van der Waals surface area (Å²) in [6, 6.07) is 0.415. The molecule has 1 aromatic heterocycles. The van der Waals surface area contributed by atoms with Crippen molar-refractivity contribution in [2.75, 3.05) is 12.4 Å². The molecule has 0 spiro atoms. The molecule has 2 rings (SSSR count). The first kappa shape index (κ1) is 8.90. The van der Waals surface area contributed by atoms with Gasteiger partial charge in [-0.05, 0) is 19.3 Å². The highest BCUT2D eigenvalue weighted by Gasteiger charge is 2.27. The number of aromatic nitrogens is 2. The highest BCUT2D eigenvalue weighted by Crippen LogP contribution is 2.25. The highest BCUT2D eigenvalue weighted by molar-refractivity contribution is 7.13. The third-order valence-corrected chi connectivity index (χ3v) is 3.05. The summed E-state index contributed by atoms with van der Waals surface area (Å²) in [5.74, 6) is 0. The maximum atomic E-state index is 5.37. The third kappa shape index (κ3) is 1.97. The molecule has 2 unspecified atom stereocenters. The van der Waals surface area contributed by atoms with E-state index in [0.29, 0.717) is 12.1 Å². The van der Waals surface area contributed by atoms with Gasteiger partial charge < -0.3 is 10.1 Å². The van der Waals surface area contributed by atoms with Crippen LogP contribution in [0.3, 0.4) is 0 Å². The average Bonchev–Trinajstić information content (AvgIpc) is 2.76. The Morgan fingerprint density at radius 1 is 1.62 bits per heavy atom. The van der Waals surface area contributed by atoms with E-state index in [4.69, 9.17) is 4.74 Å². The lowest BCUT2D eigenvalue weighted by Crippen LogP contribution is -2.29. The second-order valence-corrected chi connectivity index (χ2v) is 4.03. The van der Waals surface area contributed by atoms with Crippen LogP contribution in [0, 0.1) is 0 Å². The first-order valence-corrected chi connectivity index (χ1v) is 5.33. The van der Waals surface area contributed by atoms with Crippen LogP contribution in [-0.4, -0.2) is 29.5 Å². The fourth-order valence-corrected chi connectivity index (χ4v) is 2.28. The van der Waals surface area contributed by atoms with E-state index in [0.717, 1.165) is 18.0 Å². The van der Waals surface area contributed by atoms with Gasteiger partial charge in [0.25, 0.3) is 0 Å². The van der Waals surface area contributed by atoms with Gasteiger partial charge in [0.1, 0.15) is 5.51 Å². The van der Waals surface area contributed by atoms with Crippen LogP contribution in [0.4, 0.5) is 5.13 Å². The number of anilines is 1. The molecule has 1 heterocycles. The van der Waals surface area contributed by atoms with Crippen LogP contribution in [0.1, 0.15) is 19.3 Å². The molecule has 0 amide bonds. The van der Waals surface area contributed by atoms with E-state index in [9.17, 15) is 0 Å². The quantitative estimate of drug-likeness (QED) is 0.801. The monoisotopic (exact) mass is 199 g/mol. The molecule has 1 fully saturated rings. The highest BCUT2D eigenvalue weighted by atomic mass is 32.1. The van der Waals surface area contributed by atoms with E-state index in [-0.39, 0.29) is 0 Å². The topological polar surface area (TPSA) is 47.0 Å². The molecule has 0 aliphatic heterocycles. The molecule has 0 aromatic carbocycles. The van der Waals surface area contributed by atoms with Gasteiger partial charge in [-0.25, -0.2) is 0 Å². The van der Waals surface area contributed by atoms with Gasteiger partial charge in [0.2, 0.25) is 5.13 Å². The maximum absolute atomic E-state index is 5.37. The van der Waals surface area contributed by atoms with Crippen molar-refractivity contribution in [3.63, 3.8) is 0 Å². The number of methoxy groups -OCH3 is 1. The molecule has 4 nitrogen and oxygen atoms in total. The molecule has 1 aliphatic carbocycles. The zero-order valence-corrected chi connectivity index (χ0v) is 8.38. The molecule has 0 bridgehead atoms. The Morgan fingerprint density at radius 3 is 3.23 bits per heavy atom. The van der Waals surface area contributed by atoms with E-state index < -0.39 is 0 Å². The fraction of sp³-hybridized carbons (Fsp3) is 0.750. The van der Waals surface area contributed by atoms with Crippen molar-refractivity contribution in [1.82, 2.24) is 10.2 Å². The predicted octanol–water partition coefficient (Wildman–Crippen LogP) is 1.52. The van der Waals surface area contributed by atoms with Crippen molar-refractivity contribution in [3.05, 3.63) is 5.51 Å². The zero-order valence-electron chi connectivity index (χ0n) is 7.56. The minimum Gasteiger partial charge on any atom is -0.379 e. The van der Waals surface area contributed by atoms with Crippen molar-refractivity contribution in [3.8, 4) is 0 Å². The second kappa shape index (κ2) is 4.02. The second-order valence-electron chi connectivity index (χ2n) is 3.20. The van der Waals surface area contributed by atoms with Gasteiger partial charge in [0.15, 0.2) is 0 Å². The molecule has 13 heavy (non-hydrogen) atoms. The molecule has 0 radical (unpaired) electrons. The average molecular weight is 199 g/mol. The number of nitrogens with zero attached hydrogens (tertiary/aromatic N) is 2. The smallest absolute Gasteiger partial charge is 0.205 e. The van der Waals surface area contributed by atoms with Gasteiger partial charge >= 0.3 is 0 Å². The van der Waals surface area contributed by atoms with Crippen molar-refractivity contribution < 1.29 is 4.74 Å². The lowest BCUT2D eigenvalue weighted by atomic mass is 10.2. The van der Waals surface area contributed by atoms with E-state index >= 15 is 0 Å². The Kier molecular flexibility index (Phi) is 2.75.